The minimum atomic E-state index is -0.845. The van der Waals surface area contributed by atoms with Crippen LogP contribution in [-0.4, -0.2) is 36.3 Å². The minimum Gasteiger partial charge on any atom is -0.493 e. The van der Waals surface area contributed by atoms with E-state index in [9.17, 15) is 9.90 Å². The molecule has 2 aliphatic heterocycles. The van der Waals surface area contributed by atoms with Gasteiger partial charge in [-0.25, -0.2) is 0 Å². The Labute approximate surface area is 248 Å². The Morgan fingerprint density at radius 3 is 2.54 bits per heavy atom. The largest absolute Gasteiger partial charge is 0.493 e. The molecule has 0 unspecified atom stereocenters. The van der Waals surface area contributed by atoms with Crippen LogP contribution >= 0.6 is 15.9 Å². The van der Waals surface area contributed by atoms with Gasteiger partial charge >= 0.3 is 0 Å². The standard InChI is InChI=1S/C34H31BrN2O4/c35-24-14-15-32-27(20-24)28(16-17-40-32)36-21-30(38)29(18-22-8-2-1-3-9-22)37-34(39)26-19-23-10-4-6-12-31(23)41-33-13-7-5-11-25(26)33/h1-15,19-20,28-30,36,38H,16-18,21H2,(H,37,39)/t28-,29-,30+/m0/s1. The number of benzene rings is 4. The summed E-state index contributed by atoms with van der Waals surface area (Å²) in [4.78, 5) is 13.9. The topological polar surface area (TPSA) is 79.8 Å². The van der Waals surface area contributed by atoms with Crippen molar-refractivity contribution in [2.45, 2.75) is 31.0 Å². The van der Waals surface area contributed by atoms with Gasteiger partial charge in [0, 0.05) is 40.2 Å². The van der Waals surface area contributed by atoms with Crippen molar-refractivity contribution in [2.24, 2.45) is 0 Å². The fourth-order valence-electron chi connectivity index (χ4n) is 5.39. The van der Waals surface area contributed by atoms with E-state index < -0.39 is 12.1 Å². The maximum atomic E-state index is 13.9. The number of hydrogen-bond donors (Lipinski definition) is 3. The number of para-hydroxylation sites is 2. The Hall–Kier alpha value is -3.91. The molecule has 208 valence electrons. The first-order valence-corrected chi connectivity index (χ1v) is 14.6. The maximum Gasteiger partial charge on any atom is 0.252 e. The monoisotopic (exact) mass is 610 g/mol. The first-order valence-electron chi connectivity index (χ1n) is 13.8. The Balaban J connectivity index is 1.25. The third-order valence-electron chi connectivity index (χ3n) is 7.52. The second-order valence-corrected chi connectivity index (χ2v) is 11.2. The van der Waals surface area contributed by atoms with Crippen LogP contribution in [0.2, 0.25) is 0 Å². The summed E-state index contributed by atoms with van der Waals surface area (Å²) in [6.07, 6.45) is 2.28. The van der Waals surface area contributed by atoms with Crippen LogP contribution < -0.4 is 20.1 Å². The molecule has 6 rings (SSSR count). The molecule has 0 radical (unpaired) electrons. The number of fused-ring (bicyclic) bond motifs is 3. The van der Waals surface area contributed by atoms with Crippen LogP contribution in [0.15, 0.2) is 102 Å². The fourth-order valence-corrected chi connectivity index (χ4v) is 5.77. The molecular formula is C34H31BrN2O4. The molecule has 0 spiro atoms. The normalized spacial score (nSPS) is 16.8. The van der Waals surface area contributed by atoms with Crippen molar-refractivity contribution in [2.75, 3.05) is 13.2 Å². The fraction of sp³-hybridized carbons (Fsp3) is 0.206. The van der Waals surface area contributed by atoms with E-state index in [4.69, 9.17) is 9.47 Å². The summed E-state index contributed by atoms with van der Waals surface area (Å²) in [7, 11) is 0. The van der Waals surface area contributed by atoms with Gasteiger partial charge in [-0.15, -0.1) is 0 Å². The van der Waals surface area contributed by atoms with E-state index >= 15 is 0 Å². The molecule has 7 heteroatoms. The highest BCUT2D eigenvalue weighted by atomic mass is 79.9. The summed E-state index contributed by atoms with van der Waals surface area (Å²) in [5.74, 6) is 1.89. The van der Waals surface area contributed by atoms with Crippen molar-refractivity contribution in [3.63, 3.8) is 0 Å². The van der Waals surface area contributed by atoms with Gasteiger partial charge in [-0.2, -0.15) is 0 Å². The van der Waals surface area contributed by atoms with Crippen LogP contribution in [0.1, 0.15) is 34.7 Å². The molecule has 41 heavy (non-hydrogen) atoms. The van der Waals surface area contributed by atoms with Crippen molar-refractivity contribution < 1.29 is 19.4 Å². The van der Waals surface area contributed by atoms with Gasteiger partial charge < -0.3 is 25.2 Å². The predicted octanol–water partition coefficient (Wildman–Crippen LogP) is 6.30. The van der Waals surface area contributed by atoms with Gasteiger partial charge in [-0.1, -0.05) is 82.7 Å². The Morgan fingerprint density at radius 1 is 0.927 bits per heavy atom. The van der Waals surface area contributed by atoms with Crippen LogP contribution in [0.25, 0.3) is 11.6 Å². The third kappa shape index (κ3) is 6.22. The summed E-state index contributed by atoms with van der Waals surface area (Å²) >= 11 is 3.56. The molecule has 0 aromatic heterocycles. The Kier molecular flexibility index (Phi) is 8.19. The van der Waals surface area contributed by atoms with Crippen molar-refractivity contribution in [3.8, 4) is 17.2 Å². The molecule has 0 bridgehead atoms. The molecular weight excluding hydrogens is 580 g/mol. The van der Waals surface area contributed by atoms with Gasteiger partial charge in [0.05, 0.1) is 24.3 Å². The Bertz CT molecular complexity index is 1570. The molecule has 0 saturated heterocycles. The summed E-state index contributed by atoms with van der Waals surface area (Å²) in [6.45, 7) is 0.902. The molecule has 2 aliphatic rings. The second kappa shape index (κ2) is 12.3. The van der Waals surface area contributed by atoms with Crippen LogP contribution in [0.4, 0.5) is 0 Å². The zero-order valence-corrected chi connectivity index (χ0v) is 24.0. The first-order chi connectivity index (χ1) is 20.0. The van der Waals surface area contributed by atoms with Gasteiger partial charge in [0.15, 0.2) is 0 Å². The van der Waals surface area contributed by atoms with Gasteiger partial charge in [-0.05, 0) is 48.4 Å². The van der Waals surface area contributed by atoms with Crippen LogP contribution in [0, 0.1) is 0 Å². The molecule has 2 heterocycles. The first kappa shape index (κ1) is 27.3. The van der Waals surface area contributed by atoms with E-state index in [1.165, 1.54) is 0 Å². The minimum absolute atomic E-state index is 0.0315. The quantitative estimate of drug-likeness (QED) is 0.218. The molecule has 0 saturated carbocycles. The molecule has 3 atom stereocenters. The molecule has 3 N–H and O–H groups in total. The molecule has 4 aromatic carbocycles. The van der Waals surface area contributed by atoms with Crippen LogP contribution in [0.3, 0.4) is 0 Å². The van der Waals surface area contributed by atoms with Gasteiger partial charge in [0.1, 0.15) is 17.2 Å². The lowest BCUT2D eigenvalue weighted by Crippen LogP contribution is -2.49. The number of aliphatic hydroxyl groups is 1. The summed E-state index contributed by atoms with van der Waals surface area (Å²) < 4.78 is 13.0. The van der Waals surface area contributed by atoms with E-state index in [-0.39, 0.29) is 11.9 Å². The second-order valence-electron chi connectivity index (χ2n) is 10.3. The smallest absolute Gasteiger partial charge is 0.252 e. The van der Waals surface area contributed by atoms with Crippen molar-refractivity contribution in [3.05, 3.63) is 124 Å². The molecule has 6 nitrogen and oxygen atoms in total. The van der Waals surface area contributed by atoms with E-state index in [1.54, 1.807) is 0 Å². The molecule has 0 aliphatic carbocycles. The summed E-state index contributed by atoms with van der Waals surface area (Å²) in [5, 5.41) is 18.2. The lowest BCUT2D eigenvalue weighted by molar-refractivity contribution is -0.117. The summed E-state index contributed by atoms with van der Waals surface area (Å²) in [5.41, 5.74) is 4.10. The highest BCUT2D eigenvalue weighted by Crippen LogP contribution is 2.38. The number of nitrogens with one attached hydrogen (secondary N) is 2. The average molecular weight is 612 g/mol. The number of carbonyl (C=O) groups excluding carboxylic acids is 1. The Morgan fingerprint density at radius 2 is 1.68 bits per heavy atom. The molecule has 0 fully saturated rings. The van der Waals surface area contributed by atoms with E-state index in [1.807, 2.05) is 97.1 Å². The van der Waals surface area contributed by atoms with Crippen molar-refractivity contribution in [1.29, 1.82) is 0 Å². The molecule has 4 aromatic rings. The maximum absolute atomic E-state index is 13.9. The zero-order chi connectivity index (χ0) is 28.2. The number of rotatable bonds is 8. The lowest BCUT2D eigenvalue weighted by Gasteiger charge is -2.30. The number of amides is 1. The number of carbonyl (C=O) groups is 1. The van der Waals surface area contributed by atoms with E-state index in [2.05, 4.69) is 32.6 Å². The number of halogens is 1. The van der Waals surface area contributed by atoms with Gasteiger partial charge in [-0.3, -0.25) is 4.79 Å². The van der Waals surface area contributed by atoms with Crippen molar-refractivity contribution >= 4 is 33.5 Å². The highest BCUT2D eigenvalue weighted by molar-refractivity contribution is 9.10. The SMILES string of the molecule is O=C(N[C@@H](Cc1ccccc1)[C@H](O)CN[C@H]1CCOc2ccc(Br)cc21)C1=Cc2ccccc2Oc2ccccc21. The van der Waals surface area contributed by atoms with E-state index in [0.717, 1.165) is 33.3 Å². The number of hydrogen-bond acceptors (Lipinski definition) is 5. The molecule has 1 amide bonds. The lowest BCUT2D eigenvalue weighted by atomic mass is 9.97. The highest BCUT2D eigenvalue weighted by Gasteiger charge is 2.28. The van der Waals surface area contributed by atoms with Gasteiger partial charge in [0.25, 0.3) is 5.91 Å². The van der Waals surface area contributed by atoms with Crippen LogP contribution in [0.5, 0.6) is 17.2 Å². The zero-order valence-electron chi connectivity index (χ0n) is 22.4. The average Bonchev–Trinajstić information content (AvgIpc) is 3.17. The van der Waals surface area contributed by atoms with Crippen molar-refractivity contribution in [1.82, 2.24) is 10.6 Å². The number of ether oxygens (including phenoxy) is 2. The van der Waals surface area contributed by atoms with Gasteiger partial charge in [0.2, 0.25) is 0 Å². The third-order valence-corrected chi connectivity index (χ3v) is 8.02. The summed E-state index contributed by atoms with van der Waals surface area (Å²) in [6, 6.07) is 30.6. The number of aliphatic hydroxyl groups excluding tert-OH is 1. The van der Waals surface area contributed by atoms with E-state index in [0.29, 0.717) is 42.2 Å². The predicted molar refractivity (Wildman–Crippen MR) is 164 cm³/mol. The van der Waals surface area contributed by atoms with Crippen LogP contribution in [-0.2, 0) is 11.2 Å².